The van der Waals surface area contributed by atoms with Crippen LogP contribution < -0.4 is 5.32 Å². The van der Waals surface area contributed by atoms with E-state index in [0.29, 0.717) is 0 Å². The van der Waals surface area contributed by atoms with Crippen LogP contribution in [0, 0.1) is 0 Å². The average Bonchev–Trinajstić information content (AvgIpc) is 2.27. The molecule has 0 atom stereocenters. The van der Waals surface area contributed by atoms with E-state index < -0.39 is 11.8 Å². The topological polar surface area (TPSA) is 55.4 Å². The number of ether oxygens (including phenoxy) is 1. The van der Waals surface area contributed by atoms with E-state index in [2.05, 4.69) is 5.32 Å². The molecule has 1 N–H and O–H groups in total. The van der Waals surface area contributed by atoms with Gasteiger partial charge in [0, 0.05) is 0 Å². The highest BCUT2D eigenvalue weighted by molar-refractivity contribution is 6.34. The number of carbonyl (C=O) groups is 2. The van der Waals surface area contributed by atoms with Gasteiger partial charge in [-0.05, 0) is 12.6 Å². The Hall–Kier alpha value is -1.68. The summed E-state index contributed by atoms with van der Waals surface area (Å²) in [6.45, 7) is 0.142. The maximum absolute atomic E-state index is 11.1. The first-order valence-corrected chi connectivity index (χ1v) is 4.62. The van der Waals surface area contributed by atoms with E-state index in [9.17, 15) is 9.59 Å². The lowest BCUT2D eigenvalue weighted by molar-refractivity contribution is -0.154. The standard InChI is InChI=1S/C11H13NO3/c1-12-7-10(13)11(14)15-8-9-5-3-2-4-6-9/h2-6,12H,7-8H2,1H3. The second-order valence-corrected chi connectivity index (χ2v) is 3.02. The van der Waals surface area contributed by atoms with Gasteiger partial charge in [0.25, 0.3) is 5.78 Å². The number of rotatable bonds is 5. The second-order valence-electron chi connectivity index (χ2n) is 3.02. The predicted molar refractivity (Wildman–Crippen MR) is 55.2 cm³/mol. The van der Waals surface area contributed by atoms with E-state index in [1.54, 1.807) is 7.05 Å². The largest absolute Gasteiger partial charge is 0.455 e. The molecule has 4 nitrogen and oxygen atoms in total. The predicted octanol–water partition coefficient (Wildman–Crippen LogP) is 0.518. The highest BCUT2D eigenvalue weighted by Crippen LogP contribution is 2.00. The lowest BCUT2D eigenvalue weighted by Gasteiger charge is -2.03. The van der Waals surface area contributed by atoms with Crippen LogP contribution in [0.25, 0.3) is 0 Å². The quantitative estimate of drug-likeness (QED) is 0.565. The van der Waals surface area contributed by atoms with Gasteiger partial charge in [0.2, 0.25) is 0 Å². The molecule has 0 aliphatic carbocycles. The van der Waals surface area contributed by atoms with Crippen molar-refractivity contribution in [3.05, 3.63) is 35.9 Å². The average molecular weight is 207 g/mol. The van der Waals surface area contributed by atoms with Gasteiger partial charge in [0.1, 0.15) is 6.61 Å². The first-order valence-electron chi connectivity index (χ1n) is 4.62. The summed E-state index contributed by atoms with van der Waals surface area (Å²) in [5, 5.41) is 2.60. The Bertz CT molecular complexity index is 335. The molecule has 1 aromatic rings. The highest BCUT2D eigenvalue weighted by Gasteiger charge is 2.13. The van der Waals surface area contributed by atoms with E-state index in [1.165, 1.54) is 0 Å². The smallest absolute Gasteiger partial charge is 0.376 e. The number of carbonyl (C=O) groups excluding carboxylic acids is 2. The fraction of sp³-hybridized carbons (Fsp3) is 0.273. The molecule has 0 radical (unpaired) electrons. The molecular weight excluding hydrogens is 194 g/mol. The van der Waals surface area contributed by atoms with Crippen molar-refractivity contribution >= 4 is 11.8 Å². The molecule has 0 bridgehead atoms. The fourth-order valence-corrected chi connectivity index (χ4v) is 1.04. The van der Waals surface area contributed by atoms with Crippen molar-refractivity contribution < 1.29 is 14.3 Å². The molecule has 1 rings (SSSR count). The van der Waals surface area contributed by atoms with Crippen LogP contribution in [0.5, 0.6) is 0 Å². The normalized spacial score (nSPS) is 9.67. The van der Waals surface area contributed by atoms with Crippen LogP contribution in [-0.4, -0.2) is 25.3 Å². The van der Waals surface area contributed by atoms with Crippen molar-refractivity contribution in [2.45, 2.75) is 6.61 Å². The third-order valence-electron chi connectivity index (χ3n) is 1.78. The third-order valence-corrected chi connectivity index (χ3v) is 1.78. The van der Waals surface area contributed by atoms with Gasteiger partial charge >= 0.3 is 5.97 Å². The molecule has 15 heavy (non-hydrogen) atoms. The molecule has 1 aromatic carbocycles. The van der Waals surface area contributed by atoms with E-state index in [-0.39, 0.29) is 13.2 Å². The summed E-state index contributed by atoms with van der Waals surface area (Å²) in [6.07, 6.45) is 0. The third kappa shape index (κ3) is 3.91. The summed E-state index contributed by atoms with van der Waals surface area (Å²) in [7, 11) is 1.60. The zero-order valence-electron chi connectivity index (χ0n) is 8.53. The molecule has 80 valence electrons. The second kappa shape index (κ2) is 5.93. The molecule has 0 saturated heterocycles. The Morgan fingerprint density at radius 3 is 2.53 bits per heavy atom. The fourth-order valence-electron chi connectivity index (χ4n) is 1.04. The van der Waals surface area contributed by atoms with Gasteiger partial charge in [-0.3, -0.25) is 4.79 Å². The molecule has 0 aliphatic heterocycles. The molecule has 0 fully saturated rings. The lowest BCUT2D eigenvalue weighted by Crippen LogP contribution is -2.27. The molecule has 0 unspecified atom stereocenters. The van der Waals surface area contributed by atoms with Crippen molar-refractivity contribution in [1.82, 2.24) is 5.32 Å². The minimum atomic E-state index is -0.798. The van der Waals surface area contributed by atoms with Crippen LogP contribution in [0.1, 0.15) is 5.56 Å². The summed E-state index contributed by atoms with van der Waals surface area (Å²) in [6, 6.07) is 9.22. The number of likely N-dealkylation sites (N-methyl/N-ethyl adjacent to an activating group) is 1. The van der Waals surface area contributed by atoms with Crippen molar-refractivity contribution in [3.8, 4) is 0 Å². The van der Waals surface area contributed by atoms with E-state index >= 15 is 0 Å². The summed E-state index contributed by atoms with van der Waals surface area (Å²) >= 11 is 0. The number of hydrogen-bond acceptors (Lipinski definition) is 4. The monoisotopic (exact) mass is 207 g/mol. The minimum absolute atomic E-state index is 0.00756. The Morgan fingerprint density at radius 1 is 1.27 bits per heavy atom. The summed E-state index contributed by atoms with van der Waals surface area (Å²) in [5.74, 6) is -1.36. The summed E-state index contributed by atoms with van der Waals surface area (Å²) in [4.78, 5) is 22.1. The molecule has 0 heterocycles. The van der Waals surface area contributed by atoms with Gasteiger partial charge < -0.3 is 10.1 Å². The lowest BCUT2D eigenvalue weighted by atomic mass is 10.2. The maximum atomic E-state index is 11.1. The molecule has 0 aromatic heterocycles. The van der Waals surface area contributed by atoms with Crippen LogP contribution in [0.15, 0.2) is 30.3 Å². The van der Waals surface area contributed by atoms with Crippen LogP contribution in [-0.2, 0) is 20.9 Å². The van der Waals surface area contributed by atoms with Crippen molar-refractivity contribution in [2.24, 2.45) is 0 Å². The number of ketones is 1. The highest BCUT2D eigenvalue weighted by atomic mass is 16.5. The van der Waals surface area contributed by atoms with Gasteiger partial charge in [-0.25, -0.2) is 4.79 Å². The van der Waals surface area contributed by atoms with Gasteiger partial charge in [-0.1, -0.05) is 30.3 Å². The van der Waals surface area contributed by atoms with Crippen molar-refractivity contribution in [3.63, 3.8) is 0 Å². The van der Waals surface area contributed by atoms with Gasteiger partial charge in [-0.2, -0.15) is 0 Å². The minimum Gasteiger partial charge on any atom is -0.455 e. The zero-order valence-corrected chi connectivity index (χ0v) is 8.53. The molecule has 4 heteroatoms. The number of hydrogen-bond donors (Lipinski definition) is 1. The van der Waals surface area contributed by atoms with Gasteiger partial charge in [0.05, 0.1) is 6.54 Å². The Morgan fingerprint density at radius 2 is 1.93 bits per heavy atom. The maximum Gasteiger partial charge on any atom is 0.376 e. The zero-order chi connectivity index (χ0) is 11.1. The van der Waals surface area contributed by atoms with Crippen molar-refractivity contribution in [2.75, 3.05) is 13.6 Å². The van der Waals surface area contributed by atoms with E-state index in [0.717, 1.165) is 5.56 Å². The number of benzene rings is 1. The SMILES string of the molecule is CNCC(=O)C(=O)OCc1ccccc1. The molecule has 0 spiro atoms. The Balaban J connectivity index is 2.38. The van der Waals surface area contributed by atoms with Gasteiger partial charge in [-0.15, -0.1) is 0 Å². The molecule has 0 aliphatic rings. The van der Waals surface area contributed by atoms with Crippen LogP contribution >= 0.6 is 0 Å². The summed E-state index contributed by atoms with van der Waals surface area (Å²) < 4.78 is 4.81. The molecular formula is C11H13NO3. The molecule has 0 amide bonds. The van der Waals surface area contributed by atoms with Crippen LogP contribution in [0.4, 0.5) is 0 Å². The van der Waals surface area contributed by atoms with E-state index in [4.69, 9.17) is 4.74 Å². The Labute approximate surface area is 88.2 Å². The first-order chi connectivity index (χ1) is 7.24. The number of nitrogens with one attached hydrogen (secondary N) is 1. The Kier molecular flexibility index (Phi) is 4.50. The first kappa shape index (κ1) is 11.4. The van der Waals surface area contributed by atoms with Gasteiger partial charge in [0.15, 0.2) is 0 Å². The van der Waals surface area contributed by atoms with Crippen molar-refractivity contribution in [1.29, 1.82) is 0 Å². The molecule has 0 saturated carbocycles. The summed E-state index contributed by atoms with van der Waals surface area (Å²) in [5.41, 5.74) is 0.864. The number of esters is 1. The van der Waals surface area contributed by atoms with E-state index in [1.807, 2.05) is 30.3 Å². The van der Waals surface area contributed by atoms with Crippen LogP contribution in [0.2, 0.25) is 0 Å². The number of Topliss-reactive ketones (excluding diaryl/α,β-unsaturated/α-hetero) is 1. The van der Waals surface area contributed by atoms with Crippen LogP contribution in [0.3, 0.4) is 0 Å².